The smallest absolute Gasteiger partial charge is 0.251 e. The summed E-state index contributed by atoms with van der Waals surface area (Å²) in [5.41, 5.74) is 1.43. The third kappa shape index (κ3) is 3.77. The van der Waals surface area contributed by atoms with E-state index in [1.165, 1.54) is 0 Å². The molecule has 0 bridgehead atoms. The molecule has 0 atom stereocenters. The number of nitriles is 1. The van der Waals surface area contributed by atoms with Crippen molar-refractivity contribution in [2.75, 3.05) is 6.54 Å². The summed E-state index contributed by atoms with van der Waals surface area (Å²) in [5.74, 6) is -0.113. The van der Waals surface area contributed by atoms with Crippen LogP contribution in [0, 0.1) is 18.3 Å². The maximum absolute atomic E-state index is 11.5. The SMILES string of the molecule is Cc1cc(C(=O)NCCCC#N)ccn1. The van der Waals surface area contributed by atoms with Gasteiger partial charge in [-0.15, -0.1) is 0 Å². The van der Waals surface area contributed by atoms with Gasteiger partial charge in [0.05, 0.1) is 6.07 Å². The second kappa shape index (κ2) is 5.76. The average Bonchev–Trinajstić information content (AvgIpc) is 2.24. The zero-order chi connectivity index (χ0) is 11.1. The Hall–Kier alpha value is -1.89. The van der Waals surface area contributed by atoms with Crippen LogP contribution in [0.5, 0.6) is 0 Å². The van der Waals surface area contributed by atoms with Crippen molar-refractivity contribution < 1.29 is 4.79 Å². The highest BCUT2D eigenvalue weighted by Gasteiger charge is 2.04. The summed E-state index contributed by atoms with van der Waals surface area (Å²) >= 11 is 0. The summed E-state index contributed by atoms with van der Waals surface area (Å²) in [6.07, 6.45) is 2.77. The predicted molar refractivity (Wildman–Crippen MR) is 56.2 cm³/mol. The number of amides is 1. The van der Waals surface area contributed by atoms with Crippen molar-refractivity contribution in [3.8, 4) is 6.07 Å². The number of pyridine rings is 1. The number of aromatic nitrogens is 1. The van der Waals surface area contributed by atoms with Crippen LogP contribution in [-0.4, -0.2) is 17.4 Å². The van der Waals surface area contributed by atoms with Crippen LogP contribution >= 0.6 is 0 Å². The second-order valence-corrected chi connectivity index (χ2v) is 3.20. The van der Waals surface area contributed by atoms with Gasteiger partial charge in [0.25, 0.3) is 5.91 Å². The molecule has 0 aliphatic carbocycles. The van der Waals surface area contributed by atoms with Gasteiger partial charge in [-0.2, -0.15) is 5.26 Å². The first kappa shape index (κ1) is 11.2. The number of rotatable bonds is 4. The molecule has 1 N–H and O–H groups in total. The van der Waals surface area contributed by atoms with Crippen LogP contribution in [0.1, 0.15) is 28.9 Å². The predicted octanol–water partition coefficient (Wildman–Crippen LogP) is 1.42. The lowest BCUT2D eigenvalue weighted by Gasteiger charge is -2.03. The van der Waals surface area contributed by atoms with E-state index in [-0.39, 0.29) is 5.91 Å². The highest BCUT2D eigenvalue weighted by atomic mass is 16.1. The Labute approximate surface area is 88.9 Å². The molecule has 0 fully saturated rings. The van der Waals surface area contributed by atoms with E-state index in [2.05, 4.69) is 10.3 Å². The molecule has 15 heavy (non-hydrogen) atoms. The summed E-state index contributed by atoms with van der Waals surface area (Å²) in [5, 5.41) is 11.1. The maximum atomic E-state index is 11.5. The normalized spacial score (nSPS) is 9.33. The van der Waals surface area contributed by atoms with E-state index < -0.39 is 0 Å². The minimum atomic E-state index is -0.113. The minimum absolute atomic E-state index is 0.113. The molecule has 4 heteroatoms. The molecule has 1 aromatic rings. The number of hydrogen-bond donors (Lipinski definition) is 1. The van der Waals surface area contributed by atoms with Gasteiger partial charge in [-0.05, 0) is 25.5 Å². The Morgan fingerprint density at radius 1 is 1.67 bits per heavy atom. The number of nitrogens with zero attached hydrogens (tertiary/aromatic N) is 2. The van der Waals surface area contributed by atoms with Crippen molar-refractivity contribution in [2.45, 2.75) is 19.8 Å². The average molecular weight is 203 g/mol. The molecule has 0 aliphatic rings. The van der Waals surface area contributed by atoms with Crippen LogP contribution in [0.15, 0.2) is 18.3 Å². The van der Waals surface area contributed by atoms with Gasteiger partial charge in [-0.25, -0.2) is 0 Å². The maximum Gasteiger partial charge on any atom is 0.251 e. The van der Waals surface area contributed by atoms with Crippen molar-refractivity contribution in [3.05, 3.63) is 29.6 Å². The summed E-state index contributed by atoms with van der Waals surface area (Å²) in [6.45, 7) is 2.38. The molecule has 0 saturated heterocycles. The van der Waals surface area contributed by atoms with Crippen molar-refractivity contribution >= 4 is 5.91 Å². The van der Waals surface area contributed by atoms with E-state index in [9.17, 15) is 4.79 Å². The molecule has 0 aliphatic heterocycles. The largest absolute Gasteiger partial charge is 0.352 e. The van der Waals surface area contributed by atoms with Gasteiger partial charge >= 0.3 is 0 Å². The van der Waals surface area contributed by atoms with E-state index in [4.69, 9.17) is 5.26 Å². The van der Waals surface area contributed by atoms with Crippen molar-refractivity contribution in [1.82, 2.24) is 10.3 Å². The fraction of sp³-hybridized carbons (Fsp3) is 0.364. The number of unbranched alkanes of at least 4 members (excludes halogenated alkanes) is 1. The summed E-state index contributed by atoms with van der Waals surface area (Å²) in [7, 11) is 0. The van der Waals surface area contributed by atoms with Crippen LogP contribution in [-0.2, 0) is 0 Å². The highest BCUT2D eigenvalue weighted by molar-refractivity contribution is 5.94. The lowest BCUT2D eigenvalue weighted by atomic mass is 10.2. The Bertz CT molecular complexity index is 382. The van der Waals surface area contributed by atoms with E-state index in [1.54, 1.807) is 18.3 Å². The Balaban J connectivity index is 2.44. The van der Waals surface area contributed by atoms with Gasteiger partial charge in [-0.3, -0.25) is 9.78 Å². The third-order valence-electron chi connectivity index (χ3n) is 1.91. The first-order chi connectivity index (χ1) is 7.24. The Morgan fingerprint density at radius 3 is 3.13 bits per heavy atom. The molecule has 0 spiro atoms. The summed E-state index contributed by atoms with van der Waals surface area (Å²) < 4.78 is 0. The standard InChI is InChI=1S/C11H13N3O/c1-9-8-10(4-7-13-9)11(15)14-6-3-2-5-12/h4,7-8H,2-3,6H2,1H3,(H,14,15). The Kier molecular flexibility index (Phi) is 4.30. The Morgan fingerprint density at radius 2 is 2.47 bits per heavy atom. The monoisotopic (exact) mass is 203 g/mol. The van der Waals surface area contributed by atoms with Crippen LogP contribution < -0.4 is 5.32 Å². The topological polar surface area (TPSA) is 65.8 Å². The van der Waals surface area contributed by atoms with Crippen molar-refractivity contribution in [2.24, 2.45) is 0 Å². The minimum Gasteiger partial charge on any atom is -0.352 e. The number of aryl methyl sites for hydroxylation is 1. The fourth-order valence-corrected chi connectivity index (χ4v) is 1.16. The number of carbonyl (C=O) groups excluding carboxylic acids is 1. The molecular formula is C11H13N3O. The zero-order valence-corrected chi connectivity index (χ0v) is 8.66. The van der Waals surface area contributed by atoms with Gasteiger partial charge in [0, 0.05) is 30.4 Å². The number of hydrogen-bond acceptors (Lipinski definition) is 3. The number of nitrogens with one attached hydrogen (secondary N) is 1. The first-order valence-electron chi connectivity index (χ1n) is 4.82. The highest BCUT2D eigenvalue weighted by Crippen LogP contribution is 2.00. The molecule has 1 amide bonds. The van der Waals surface area contributed by atoms with Crippen LogP contribution in [0.2, 0.25) is 0 Å². The molecule has 4 nitrogen and oxygen atoms in total. The first-order valence-corrected chi connectivity index (χ1v) is 4.82. The quantitative estimate of drug-likeness (QED) is 0.752. The lowest BCUT2D eigenvalue weighted by molar-refractivity contribution is 0.0953. The van der Waals surface area contributed by atoms with Crippen molar-refractivity contribution in [1.29, 1.82) is 5.26 Å². The third-order valence-corrected chi connectivity index (χ3v) is 1.91. The van der Waals surface area contributed by atoms with E-state index >= 15 is 0 Å². The molecule has 1 heterocycles. The number of carbonyl (C=O) groups is 1. The van der Waals surface area contributed by atoms with Gasteiger partial charge in [-0.1, -0.05) is 0 Å². The molecule has 0 saturated carbocycles. The molecule has 0 radical (unpaired) electrons. The van der Waals surface area contributed by atoms with E-state index in [1.807, 2.05) is 13.0 Å². The molecule has 78 valence electrons. The zero-order valence-electron chi connectivity index (χ0n) is 8.66. The van der Waals surface area contributed by atoms with E-state index in [0.29, 0.717) is 24.9 Å². The van der Waals surface area contributed by atoms with Crippen LogP contribution in [0.3, 0.4) is 0 Å². The molecule has 0 unspecified atom stereocenters. The van der Waals surface area contributed by atoms with Gasteiger partial charge < -0.3 is 5.32 Å². The molecule has 1 rings (SSSR count). The van der Waals surface area contributed by atoms with Crippen LogP contribution in [0.4, 0.5) is 0 Å². The van der Waals surface area contributed by atoms with E-state index in [0.717, 1.165) is 5.69 Å². The molecular weight excluding hydrogens is 190 g/mol. The fourth-order valence-electron chi connectivity index (χ4n) is 1.16. The van der Waals surface area contributed by atoms with Gasteiger partial charge in [0.1, 0.15) is 0 Å². The van der Waals surface area contributed by atoms with Gasteiger partial charge in [0.2, 0.25) is 0 Å². The molecule has 0 aromatic carbocycles. The van der Waals surface area contributed by atoms with Gasteiger partial charge in [0.15, 0.2) is 0 Å². The van der Waals surface area contributed by atoms with Crippen molar-refractivity contribution in [3.63, 3.8) is 0 Å². The summed E-state index contributed by atoms with van der Waals surface area (Å²) in [6, 6.07) is 5.44. The second-order valence-electron chi connectivity index (χ2n) is 3.20. The van der Waals surface area contributed by atoms with Crippen LogP contribution in [0.25, 0.3) is 0 Å². The molecule has 1 aromatic heterocycles. The lowest BCUT2D eigenvalue weighted by Crippen LogP contribution is -2.24. The summed E-state index contributed by atoms with van der Waals surface area (Å²) in [4.78, 5) is 15.5.